The molecule has 1 amide bonds. The van der Waals surface area contributed by atoms with Gasteiger partial charge in [-0.25, -0.2) is 14.8 Å². The molecular formula is C20H22ClN5O2. The number of primary amides is 1. The van der Waals surface area contributed by atoms with E-state index in [1.807, 2.05) is 43.9 Å². The Morgan fingerprint density at radius 2 is 2.00 bits per heavy atom. The van der Waals surface area contributed by atoms with Crippen molar-refractivity contribution in [3.63, 3.8) is 0 Å². The van der Waals surface area contributed by atoms with Crippen molar-refractivity contribution in [2.45, 2.75) is 39.2 Å². The van der Waals surface area contributed by atoms with E-state index in [0.29, 0.717) is 48.2 Å². The molecule has 0 radical (unpaired) electrons. The number of hydrogen-bond acceptors (Lipinski definition) is 6. The smallest absolute Gasteiger partial charge is 0.405 e. The van der Waals surface area contributed by atoms with E-state index in [0.717, 1.165) is 11.1 Å². The molecule has 2 heterocycles. The van der Waals surface area contributed by atoms with Crippen molar-refractivity contribution in [2.24, 2.45) is 5.73 Å². The normalized spacial score (nSPS) is 15.8. The molecule has 8 heteroatoms. The maximum atomic E-state index is 11.1. The second-order valence-corrected chi connectivity index (χ2v) is 7.62. The van der Waals surface area contributed by atoms with Crippen LogP contribution in [0.15, 0.2) is 18.2 Å². The predicted octanol–water partition coefficient (Wildman–Crippen LogP) is 3.74. The van der Waals surface area contributed by atoms with Gasteiger partial charge in [-0.1, -0.05) is 29.8 Å². The summed E-state index contributed by atoms with van der Waals surface area (Å²) in [7, 11) is 0. The van der Waals surface area contributed by atoms with Gasteiger partial charge in [0.25, 0.3) is 0 Å². The van der Waals surface area contributed by atoms with Crippen LogP contribution in [0.3, 0.4) is 0 Å². The van der Waals surface area contributed by atoms with Gasteiger partial charge in [0.15, 0.2) is 5.69 Å². The number of amides is 1. The summed E-state index contributed by atoms with van der Waals surface area (Å²) in [6, 6.07) is 7.87. The van der Waals surface area contributed by atoms with Crippen LogP contribution >= 0.6 is 11.6 Å². The van der Waals surface area contributed by atoms with Crippen LogP contribution in [0, 0.1) is 25.2 Å². The van der Waals surface area contributed by atoms with E-state index < -0.39 is 11.7 Å². The number of carbonyl (C=O) groups excluding carboxylic acids is 1. The summed E-state index contributed by atoms with van der Waals surface area (Å²) in [4.78, 5) is 22.2. The van der Waals surface area contributed by atoms with Gasteiger partial charge in [-0.2, -0.15) is 5.26 Å². The van der Waals surface area contributed by atoms with Crippen molar-refractivity contribution in [3.8, 4) is 17.2 Å². The van der Waals surface area contributed by atoms with Crippen molar-refractivity contribution >= 4 is 23.6 Å². The third-order valence-electron chi connectivity index (χ3n) is 5.10. The Morgan fingerprint density at radius 3 is 2.61 bits per heavy atom. The number of nitriles is 1. The molecule has 1 aromatic carbocycles. The highest BCUT2D eigenvalue weighted by molar-refractivity contribution is 6.34. The summed E-state index contributed by atoms with van der Waals surface area (Å²) >= 11 is 6.46. The van der Waals surface area contributed by atoms with Gasteiger partial charge in [0, 0.05) is 37.1 Å². The molecule has 7 nitrogen and oxygen atoms in total. The van der Waals surface area contributed by atoms with Gasteiger partial charge in [0.2, 0.25) is 5.95 Å². The minimum Gasteiger partial charge on any atom is -0.443 e. The number of benzene rings is 1. The summed E-state index contributed by atoms with van der Waals surface area (Å²) in [6.45, 7) is 6.83. The number of hydrogen-bond donors (Lipinski definition) is 1. The van der Waals surface area contributed by atoms with Crippen molar-refractivity contribution in [2.75, 3.05) is 18.0 Å². The van der Waals surface area contributed by atoms with Gasteiger partial charge in [0.1, 0.15) is 11.7 Å². The summed E-state index contributed by atoms with van der Waals surface area (Å²) in [6.07, 6.45) is 0.436. The Balaban J connectivity index is 1.92. The maximum Gasteiger partial charge on any atom is 0.405 e. The number of nitrogens with two attached hydrogens (primary N) is 1. The molecule has 1 aliphatic rings. The quantitative estimate of drug-likeness (QED) is 0.842. The van der Waals surface area contributed by atoms with Crippen molar-refractivity contribution in [3.05, 3.63) is 40.2 Å². The van der Waals surface area contributed by atoms with Gasteiger partial charge in [-0.15, -0.1) is 0 Å². The number of anilines is 1. The minimum atomic E-state index is -0.769. The Bertz CT molecular complexity index is 962. The molecule has 0 bridgehead atoms. The predicted molar refractivity (Wildman–Crippen MR) is 107 cm³/mol. The first-order chi connectivity index (χ1) is 13.2. The first-order valence-corrected chi connectivity index (χ1v) is 9.39. The van der Waals surface area contributed by atoms with E-state index in [-0.39, 0.29) is 5.69 Å². The average Bonchev–Trinajstić information content (AvgIpc) is 2.63. The summed E-state index contributed by atoms with van der Waals surface area (Å²) in [5.74, 6) is 0.489. The van der Waals surface area contributed by atoms with Crippen LogP contribution in [-0.4, -0.2) is 34.8 Å². The average molecular weight is 400 g/mol. The molecule has 0 spiro atoms. The number of ether oxygens (including phenoxy) is 1. The van der Waals surface area contributed by atoms with E-state index in [1.54, 1.807) is 0 Å². The molecule has 2 aromatic rings. The molecule has 2 N–H and O–H groups in total. The molecule has 28 heavy (non-hydrogen) atoms. The molecule has 1 aromatic heterocycles. The molecule has 1 fully saturated rings. The first kappa shape index (κ1) is 19.9. The summed E-state index contributed by atoms with van der Waals surface area (Å²) in [5, 5.41) is 10.3. The molecule has 0 aliphatic carbocycles. The highest BCUT2D eigenvalue weighted by atomic mass is 35.5. The van der Waals surface area contributed by atoms with E-state index >= 15 is 0 Å². The Labute approximate surface area is 169 Å². The van der Waals surface area contributed by atoms with Gasteiger partial charge in [-0.3, -0.25) is 0 Å². The number of halogens is 1. The lowest BCUT2D eigenvalue weighted by Gasteiger charge is -2.38. The number of rotatable bonds is 3. The molecule has 0 saturated carbocycles. The third-order valence-corrected chi connectivity index (χ3v) is 5.60. The largest absolute Gasteiger partial charge is 0.443 e. The standard InChI is InChI=1S/C20H22ClN5O2/c1-12-5-4-6-14(17(12)21)16-13(2)24-19(25-15(16)11-22)26-9-7-20(3,8-10-26)28-18(23)27/h4-6H,7-10H2,1-3H3,(H2,23,27). The fourth-order valence-electron chi connectivity index (χ4n) is 3.47. The van der Waals surface area contributed by atoms with Crippen LogP contribution in [0.25, 0.3) is 11.1 Å². The number of carbonyl (C=O) groups is 1. The van der Waals surface area contributed by atoms with E-state index in [4.69, 9.17) is 22.1 Å². The molecular weight excluding hydrogens is 378 g/mol. The monoisotopic (exact) mass is 399 g/mol. The zero-order valence-corrected chi connectivity index (χ0v) is 16.9. The van der Waals surface area contributed by atoms with Gasteiger partial charge < -0.3 is 15.4 Å². The SMILES string of the molecule is Cc1cccc(-c2c(C)nc(N3CCC(C)(OC(N)=O)CC3)nc2C#N)c1Cl. The summed E-state index contributed by atoms with van der Waals surface area (Å²) < 4.78 is 5.24. The van der Waals surface area contributed by atoms with Crippen molar-refractivity contribution < 1.29 is 9.53 Å². The Kier molecular flexibility index (Phi) is 5.43. The van der Waals surface area contributed by atoms with E-state index in [2.05, 4.69) is 16.0 Å². The molecule has 1 saturated heterocycles. The van der Waals surface area contributed by atoms with Crippen molar-refractivity contribution in [1.29, 1.82) is 5.26 Å². The molecule has 0 atom stereocenters. The number of aromatic nitrogens is 2. The highest BCUT2D eigenvalue weighted by Gasteiger charge is 2.34. The summed E-state index contributed by atoms with van der Waals surface area (Å²) in [5.41, 5.74) is 7.88. The van der Waals surface area contributed by atoms with Crippen LogP contribution in [0.5, 0.6) is 0 Å². The fraction of sp³-hybridized carbons (Fsp3) is 0.400. The Morgan fingerprint density at radius 1 is 1.32 bits per heavy atom. The topological polar surface area (TPSA) is 105 Å². The van der Waals surface area contributed by atoms with Crippen LogP contribution < -0.4 is 10.6 Å². The lowest BCUT2D eigenvalue weighted by molar-refractivity contribution is 0.0125. The maximum absolute atomic E-state index is 11.1. The van der Waals surface area contributed by atoms with Crippen LogP contribution in [-0.2, 0) is 4.74 Å². The molecule has 3 rings (SSSR count). The zero-order valence-electron chi connectivity index (χ0n) is 16.1. The van der Waals surface area contributed by atoms with Gasteiger partial charge in [-0.05, 0) is 26.3 Å². The van der Waals surface area contributed by atoms with E-state index in [1.165, 1.54) is 0 Å². The lowest BCUT2D eigenvalue weighted by Crippen LogP contribution is -2.46. The lowest BCUT2D eigenvalue weighted by atomic mass is 9.93. The van der Waals surface area contributed by atoms with Gasteiger partial charge >= 0.3 is 6.09 Å². The highest BCUT2D eigenvalue weighted by Crippen LogP contribution is 2.35. The van der Waals surface area contributed by atoms with Crippen molar-refractivity contribution in [1.82, 2.24) is 9.97 Å². The number of aryl methyl sites for hydroxylation is 2. The molecule has 146 valence electrons. The first-order valence-electron chi connectivity index (χ1n) is 9.02. The zero-order chi connectivity index (χ0) is 20.5. The van der Waals surface area contributed by atoms with Crippen LogP contribution in [0.2, 0.25) is 5.02 Å². The van der Waals surface area contributed by atoms with Crippen LogP contribution in [0.1, 0.15) is 36.7 Å². The second kappa shape index (κ2) is 7.64. The number of nitrogens with zero attached hydrogens (tertiary/aromatic N) is 4. The molecule has 0 unspecified atom stereocenters. The third kappa shape index (κ3) is 3.87. The van der Waals surface area contributed by atoms with Crippen LogP contribution in [0.4, 0.5) is 10.7 Å². The minimum absolute atomic E-state index is 0.289. The van der Waals surface area contributed by atoms with Gasteiger partial charge in [0.05, 0.1) is 10.7 Å². The number of piperidine rings is 1. The fourth-order valence-corrected chi connectivity index (χ4v) is 3.69. The Hall–Kier alpha value is -2.85. The molecule has 1 aliphatic heterocycles. The van der Waals surface area contributed by atoms with E-state index in [9.17, 15) is 10.1 Å². The second-order valence-electron chi connectivity index (χ2n) is 7.24.